The summed E-state index contributed by atoms with van der Waals surface area (Å²) in [5, 5.41) is 3.47. The first-order valence-corrected chi connectivity index (χ1v) is 8.61. The van der Waals surface area contributed by atoms with E-state index in [-0.39, 0.29) is 5.60 Å². The fraction of sp³-hybridized carbons (Fsp3) is 0.667. The average Bonchev–Trinajstić information content (AvgIpc) is 3.09. The van der Waals surface area contributed by atoms with Gasteiger partial charge in [-0.05, 0) is 70.1 Å². The van der Waals surface area contributed by atoms with Gasteiger partial charge in [-0.1, -0.05) is 0 Å². The Morgan fingerprint density at radius 2 is 2.00 bits per heavy atom. The Kier molecular flexibility index (Phi) is 3.74. The van der Waals surface area contributed by atoms with Crippen molar-refractivity contribution < 1.29 is 9.47 Å². The van der Waals surface area contributed by atoms with Crippen molar-refractivity contribution in [1.29, 1.82) is 0 Å². The van der Waals surface area contributed by atoms with Crippen LogP contribution in [0.2, 0.25) is 0 Å². The summed E-state index contributed by atoms with van der Waals surface area (Å²) in [6, 6.07) is 6.81. The maximum absolute atomic E-state index is 6.53. The zero-order valence-corrected chi connectivity index (χ0v) is 13.4. The molecule has 3 heterocycles. The first-order chi connectivity index (χ1) is 10.8. The lowest BCUT2D eigenvalue weighted by molar-refractivity contribution is -0.0160. The van der Waals surface area contributed by atoms with Gasteiger partial charge in [-0.25, -0.2) is 0 Å². The van der Waals surface area contributed by atoms with Crippen LogP contribution in [-0.2, 0) is 0 Å². The van der Waals surface area contributed by atoms with Gasteiger partial charge < -0.3 is 14.8 Å². The molecule has 1 N–H and O–H groups in total. The third kappa shape index (κ3) is 2.48. The molecule has 0 bridgehead atoms. The molecule has 4 rings (SSSR count). The second-order valence-corrected chi connectivity index (χ2v) is 6.90. The van der Waals surface area contributed by atoms with Crippen LogP contribution in [0.15, 0.2) is 18.2 Å². The molecule has 3 aliphatic heterocycles. The van der Waals surface area contributed by atoms with Crippen molar-refractivity contribution in [3.05, 3.63) is 23.8 Å². The predicted octanol–water partition coefficient (Wildman–Crippen LogP) is 2.74. The largest absolute Gasteiger partial charge is 0.497 e. The standard InChI is InChI=1S/C18H26N2O2/c1-21-14-4-5-17-15(12-14)16(20-10-2-3-11-20)13-18(22-17)6-8-19-9-7-18/h4-5,12,16,19H,2-3,6-11,13H2,1H3. The van der Waals surface area contributed by atoms with E-state index >= 15 is 0 Å². The lowest BCUT2D eigenvalue weighted by Crippen LogP contribution is -2.51. The summed E-state index contributed by atoms with van der Waals surface area (Å²) in [7, 11) is 1.74. The van der Waals surface area contributed by atoms with Crippen molar-refractivity contribution in [2.24, 2.45) is 0 Å². The van der Waals surface area contributed by atoms with Crippen molar-refractivity contribution >= 4 is 0 Å². The molecule has 1 aromatic carbocycles. The van der Waals surface area contributed by atoms with Gasteiger partial charge in [-0.15, -0.1) is 0 Å². The minimum absolute atomic E-state index is 0.0279. The van der Waals surface area contributed by atoms with E-state index in [4.69, 9.17) is 9.47 Å². The van der Waals surface area contributed by atoms with Crippen molar-refractivity contribution in [2.45, 2.75) is 43.7 Å². The molecule has 0 aliphatic carbocycles. The van der Waals surface area contributed by atoms with Crippen LogP contribution >= 0.6 is 0 Å². The van der Waals surface area contributed by atoms with Crippen LogP contribution in [-0.4, -0.2) is 43.8 Å². The predicted molar refractivity (Wildman–Crippen MR) is 86.6 cm³/mol. The van der Waals surface area contributed by atoms with E-state index in [0.29, 0.717) is 6.04 Å². The third-order valence-electron chi connectivity index (χ3n) is 5.56. The summed E-state index contributed by atoms with van der Waals surface area (Å²) < 4.78 is 12.0. The first-order valence-electron chi connectivity index (χ1n) is 8.61. The quantitative estimate of drug-likeness (QED) is 0.911. The number of benzene rings is 1. The van der Waals surface area contributed by atoms with E-state index in [9.17, 15) is 0 Å². The van der Waals surface area contributed by atoms with E-state index < -0.39 is 0 Å². The zero-order chi connectivity index (χ0) is 15.0. The molecule has 4 heteroatoms. The molecular weight excluding hydrogens is 276 g/mol. The Labute approximate surface area is 132 Å². The fourth-order valence-corrected chi connectivity index (χ4v) is 4.31. The van der Waals surface area contributed by atoms with Crippen LogP contribution in [0, 0.1) is 0 Å². The Bertz CT molecular complexity index is 534. The molecule has 3 aliphatic rings. The summed E-state index contributed by atoms with van der Waals surface area (Å²) in [5.41, 5.74) is 1.35. The Morgan fingerprint density at radius 1 is 1.23 bits per heavy atom. The normalized spacial score (nSPS) is 27.4. The summed E-state index contributed by atoms with van der Waals surface area (Å²) >= 11 is 0. The van der Waals surface area contributed by atoms with Gasteiger partial charge in [-0.3, -0.25) is 4.90 Å². The zero-order valence-electron chi connectivity index (χ0n) is 13.4. The highest BCUT2D eigenvalue weighted by atomic mass is 16.5. The summed E-state index contributed by atoms with van der Waals surface area (Å²) in [5.74, 6) is 2.01. The van der Waals surface area contributed by atoms with Crippen molar-refractivity contribution in [1.82, 2.24) is 10.2 Å². The molecule has 0 aromatic heterocycles. The minimum Gasteiger partial charge on any atom is -0.497 e. The molecule has 1 aromatic rings. The molecule has 1 atom stereocenters. The van der Waals surface area contributed by atoms with E-state index in [1.165, 1.54) is 31.5 Å². The minimum atomic E-state index is 0.0279. The smallest absolute Gasteiger partial charge is 0.125 e. The number of methoxy groups -OCH3 is 1. The molecule has 2 fully saturated rings. The monoisotopic (exact) mass is 302 g/mol. The number of ether oxygens (including phenoxy) is 2. The molecular formula is C18H26N2O2. The average molecular weight is 302 g/mol. The van der Waals surface area contributed by atoms with Crippen molar-refractivity contribution in [2.75, 3.05) is 33.3 Å². The lowest BCUT2D eigenvalue weighted by atomic mass is 9.80. The number of likely N-dealkylation sites (tertiary alicyclic amines) is 1. The highest BCUT2D eigenvalue weighted by molar-refractivity contribution is 5.44. The number of fused-ring (bicyclic) bond motifs is 1. The summed E-state index contributed by atoms with van der Waals surface area (Å²) in [4.78, 5) is 2.66. The van der Waals surface area contributed by atoms with E-state index in [2.05, 4.69) is 22.3 Å². The van der Waals surface area contributed by atoms with Gasteiger partial charge in [0, 0.05) is 18.0 Å². The number of nitrogens with zero attached hydrogens (tertiary/aromatic N) is 1. The van der Waals surface area contributed by atoms with Gasteiger partial charge in [0.05, 0.1) is 7.11 Å². The summed E-state index contributed by atoms with van der Waals surface area (Å²) in [6.45, 7) is 4.57. The van der Waals surface area contributed by atoms with Crippen LogP contribution in [0.3, 0.4) is 0 Å². The second kappa shape index (κ2) is 5.74. The van der Waals surface area contributed by atoms with Crippen LogP contribution in [0.5, 0.6) is 11.5 Å². The molecule has 1 unspecified atom stereocenters. The van der Waals surface area contributed by atoms with Gasteiger partial charge in [0.15, 0.2) is 0 Å². The topological polar surface area (TPSA) is 33.7 Å². The first kappa shape index (κ1) is 14.3. The highest BCUT2D eigenvalue weighted by Gasteiger charge is 2.44. The number of hydrogen-bond acceptors (Lipinski definition) is 4. The molecule has 0 radical (unpaired) electrons. The van der Waals surface area contributed by atoms with Gasteiger partial charge >= 0.3 is 0 Å². The lowest BCUT2D eigenvalue weighted by Gasteiger charge is -2.47. The number of piperidine rings is 1. The molecule has 4 nitrogen and oxygen atoms in total. The van der Waals surface area contributed by atoms with E-state index in [0.717, 1.165) is 43.9 Å². The summed E-state index contributed by atoms with van der Waals surface area (Å²) in [6.07, 6.45) is 6.00. The maximum Gasteiger partial charge on any atom is 0.125 e. The highest BCUT2D eigenvalue weighted by Crippen LogP contribution is 2.47. The van der Waals surface area contributed by atoms with Crippen LogP contribution in [0.1, 0.15) is 43.7 Å². The van der Waals surface area contributed by atoms with Crippen molar-refractivity contribution in [3.8, 4) is 11.5 Å². The molecule has 1 spiro atoms. The number of nitrogens with one attached hydrogen (secondary N) is 1. The molecule has 120 valence electrons. The van der Waals surface area contributed by atoms with Gasteiger partial charge in [0.1, 0.15) is 17.1 Å². The van der Waals surface area contributed by atoms with Gasteiger partial charge in [-0.2, -0.15) is 0 Å². The number of hydrogen-bond donors (Lipinski definition) is 1. The van der Waals surface area contributed by atoms with E-state index in [1.807, 2.05) is 6.07 Å². The molecule has 0 amide bonds. The SMILES string of the molecule is COc1ccc2c(c1)C(N1CCCC1)CC1(CCNCC1)O2. The van der Waals surface area contributed by atoms with Gasteiger partial charge in [0.25, 0.3) is 0 Å². The Balaban J connectivity index is 1.71. The van der Waals surface area contributed by atoms with E-state index in [1.54, 1.807) is 7.11 Å². The molecule has 0 saturated carbocycles. The molecule has 2 saturated heterocycles. The molecule has 22 heavy (non-hydrogen) atoms. The Morgan fingerprint density at radius 3 is 2.73 bits per heavy atom. The number of rotatable bonds is 2. The fourth-order valence-electron chi connectivity index (χ4n) is 4.31. The Hall–Kier alpha value is -1.26. The van der Waals surface area contributed by atoms with Crippen LogP contribution < -0.4 is 14.8 Å². The van der Waals surface area contributed by atoms with Crippen molar-refractivity contribution in [3.63, 3.8) is 0 Å². The van der Waals surface area contributed by atoms with Crippen LogP contribution in [0.25, 0.3) is 0 Å². The third-order valence-corrected chi connectivity index (χ3v) is 5.56. The maximum atomic E-state index is 6.53. The van der Waals surface area contributed by atoms with Crippen LogP contribution in [0.4, 0.5) is 0 Å². The van der Waals surface area contributed by atoms with Gasteiger partial charge in [0.2, 0.25) is 0 Å². The second-order valence-electron chi connectivity index (χ2n) is 6.90.